The minimum absolute atomic E-state index is 0.247. The van der Waals surface area contributed by atoms with Crippen molar-refractivity contribution in [3.63, 3.8) is 0 Å². The van der Waals surface area contributed by atoms with Crippen molar-refractivity contribution < 1.29 is 4.79 Å². The van der Waals surface area contributed by atoms with E-state index in [1.54, 1.807) is 11.8 Å². The van der Waals surface area contributed by atoms with Crippen molar-refractivity contribution >= 4 is 39.5 Å². The van der Waals surface area contributed by atoms with E-state index in [0.29, 0.717) is 10.4 Å². The first-order valence-electron chi connectivity index (χ1n) is 5.10. The molecular formula is C12H13IOS. The summed E-state index contributed by atoms with van der Waals surface area (Å²) < 4.78 is 1.08. The molecule has 0 saturated carbocycles. The number of rotatable bonds is 3. The SMILES string of the molecule is O=C1S[C@@H](CI)C[C@@H]1Cc1ccccc1. The van der Waals surface area contributed by atoms with E-state index in [4.69, 9.17) is 0 Å². The molecule has 1 aliphatic heterocycles. The summed E-state index contributed by atoms with van der Waals surface area (Å²) in [5.74, 6) is 0.247. The van der Waals surface area contributed by atoms with Gasteiger partial charge in [0.2, 0.25) is 0 Å². The number of alkyl halides is 1. The molecule has 0 N–H and O–H groups in total. The van der Waals surface area contributed by atoms with Gasteiger partial charge in [-0.1, -0.05) is 64.7 Å². The largest absolute Gasteiger partial charge is 0.287 e. The number of carbonyl (C=O) groups excluding carboxylic acids is 1. The van der Waals surface area contributed by atoms with Crippen LogP contribution in [0.2, 0.25) is 0 Å². The van der Waals surface area contributed by atoms with E-state index in [2.05, 4.69) is 34.7 Å². The molecule has 3 heteroatoms. The maximum Gasteiger partial charge on any atom is 0.192 e. The fraction of sp³-hybridized carbons (Fsp3) is 0.417. The van der Waals surface area contributed by atoms with Crippen LogP contribution in [0.4, 0.5) is 0 Å². The van der Waals surface area contributed by atoms with Gasteiger partial charge in [-0.3, -0.25) is 4.79 Å². The van der Waals surface area contributed by atoms with Crippen LogP contribution in [0.3, 0.4) is 0 Å². The van der Waals surface area contributed by atoms with Crippen LogP contribution in [0.15, 0.2) is 30.3 Å². The molecule has 0 radical (unpaired) electrons. The Balaban J connectivity index is 1.99. The smallest absolute Gasteiger partial charge is 0.192 e. The molecule has 0 aromatic heterocycles. The number of hydrogen-bond acceptors (Lipinski definition) is 2. The van der Waals surface area contributed by atoms with Crippen molar-refractivity contribution in [1.29, 1.82) is 0 Å². The minimum Gasteiger partial charge on any atom is -0.287 e. The first kappa shape index (κ1) is 11.5. The second kappa shape index (κ2) is 5.34. The summed E-state index contributed by atoms with van der Waals surface area (Å²) >= 11 is 3.91. The number of halogens is 1. The Morgan fingerprint density at radius 3 is 2.67 bits per heavy atom. The zero-order valence-electron chi connectivity index (χ0n) is 8.36. The molecule has 80 valence electrons. The molecule has 1 saturated heterocycles. The number of benzene rings is 1. The van der Waals surface area contributed by atoms with Gasteiger partial charge in [0.1, 0.15) is 0 Å². The molecule has 0 unspecified atom stereocenters. The summed E-state index contributed by atoms with van der Waals surface area (Å²) in [5.41, 5.74) is 1.28. The molecule has 2 rings (SSSR count). The van der Waals surface area contributed by atoms with Crippen LogP contribution in [0, 0.1) is 5.92 Å². The van der Waals surface area contributed by atoms with E-state index in [0.717, 1.165) is 17.3 Å². The molecule has 1 heterocycles. The molecule has 0 aliphatic carbocycles. The Hall–Kier alpha value is -0.0300. The van der Waals surface area contributed by atoms with Crippen LogP contribution in [-0.2, 0) is 11.2 Å². The van der Waals surface area contributed by atoms with Gasteiger partial charge in [0.05, 0.1) is 0 Å². The van der Waals surface area contributed by atoms with Gasteiger partial charge in [-0.25, -0.2) is 0 Å². The number of thioether (sulfide) groups is 1. The van der Waals surface area contributed by atoms with Gasteiger partial charge in [0.25, 0.3) is 0 Å². The Bertz CT molecular complexity index is 339. The molecular weight excluding hydrogens is 319 g/mol. The van der Waals surface area contributed by atoms with E-state index in [1.165, 1.54) is 5.56 Å². The van der Waals surface area contributed by atoms with Crippen LogP contribution >= 0.6 is 34.4 Å². The van der Waals surface area contributed by atoms with Crippen molar-refractivity contribution in [1.82, 2.24) is 0 Å². The Kier molecular flexibility index (Phi) is 4.08. The molecule has 0 amide bonds. The average Bonchev–Trinajstić information content (AvgIpc) is 2.61. The van der Waals surface area contributed by atoms with E-state index >= 15 is 0 Å². The second-order valence-corrected chi connectivity index (χ2v) is 6.02. The summed E-state index contributed by atoms with van der Waals surface area (Å²) in [7, 11) is 0. The highest BCUT2D eigenvalue weighted by atomic mass is 127. The predicted octanol–water partition coefficient (Wildman–Crippen LogP) is 3.31. The molecule has 1 fully saturated rings. The molecule has 1 aromatic carbocycles. The van der Waals surface area contributed by atoms with E-state index in [1.807, 2.05) is 18.2 Å². The van der Waals surface area contributed by atoms with Gasteiger partial charge < -0.3 is 0 Å². The summed E-state index contributed by atoms with van der Waals surface area (Å²) in [6.07, 6.45) is 1.97. The first-order valence-corrected chi connectivity index (χ1v) is 7.50. The second-order valence-electron chi connectivity index (χ2n) is 3.84. The molecule has 1 aromatic rings. The van der Waals surface area contributed by atoms with E-state index < -0.39 is 0 Å². The highest BCUT2D eigenvalue weighted by Gasteiger charge is 2.32. The summed E-state index contributed by atoms with van der Waals surface area (Å²) in [6.45, 7) is 0. The maximum absolute atomic E-state index is 11.7. The lowest BCUT2D eigenvalue weighted by Crippen LogP contribution is -2.09. The van der Waals surface area contributed by atoms with Crippen molar-refractivity contribution in [2.75, 3.05) is 4.43 Å². The van der Waals surface area contributed by atoms with Crippen molar-refractivity contribution in [2.45, 2.75) is 18.1 Å². The van der Waals surface area contributed by atoms with Gasteiger partial charge in [-0.2, -0.15) is 0 Å². The van der Waals surface area contributed by atoms with E-state index in [9.17, 15) is 4.79 Å². The average molecular weight is 332 g/mol. The topological polar surface area (TPSA) is 17.1 Å². The monoisotopic (exact) mass is 332 g/mol. The molecule has 1 nitrogen and oxygen atoms in total. The van der Waals surface area contributed by atoms with Gasteiger partial charge in [-0.15, -0.1) is 0 Å². The third-order valence-electron chi connectivity index (χ3n) is 2.66. The van der Waals surface area contributed by atoms with Gasteiger partial charge in [-0.05, 0) is 18.4 Å². The summed E-state index contributed by atoms with van der Waals surface area (Å²) in [5, 5.41) is 0.937. The Morgan fingerprint density at radius 1 is 1.33 bits per heavy atom. The first-order chi connectivity index (χ1) is 7.29. The van der Waals surface area contributed by atoms with E-state index in [-0.39, 0.29) is 5.92 Å². The zero-order chi connectivity index (χ0) is 10.7. The van der Waals surface area contributed by atoms with Crippen molar-refractivity contribution in [3.8, 4) is 0 Å². The lowest BCUT2D eigenvalue weighted by Gasteiger charge is -2.07. The number of hydrogen-bond donors (Lipinski definition) is 0. The predicted molar refractivity (Wildman–Crippen MR) is 73.5 cm³/mol. The molecule has 0 spiro atoms. The zero-order valence-corrected chi connectivity index (χ0v) is 11.3. The fourth-order valence-electron chi connectivity index (χ4n) is 1.88. The molecule has 0 bridgehead atoms. The van der Waals surface area contributed by atoms with Crippen molar-refractivity contribution in [2.24, 2.45) is 5.92 Å². The molecule has 15 heavy (non-hydrogen) atoms. The Morgan fingerprint density at radius 2 is 2.07 bits per heavy atom. The molecule has 2 atom stereocenters. The maximum atomic E-state index is 11.7. The summed E-state index contributed by atoms with van der Waals surface area (Å²) in [6, 6.07) is 10.3. The third kappa shape index (κ3) is 2.97. The van der Waals surface area contributed by atoms with Crippen LogP contribution < -0.4 is 0 Å². The van der Waals surface area contributed by atoms with Crippen LogP contribution in [0.5, 0.6) is 0 Å². The minimum atomic E-state index is 0.247. The van der Waals surface area contributed by atoms with Gasteiger partial charge in [0.15, 0.2) is 5.12 Å². The highest BCUT2D eigenvalue weighted by molar-refractivity contribution is 14.1. The fourth-order valence-corrected chi connectivity index (χ4v) is 3.87. The van der Waals surface area contributed by atoms with Gasteiger partial charge >= 0.3 is 0 Å². The Labute approximate surface area is 108 Å². The lowest BCUT2D eigenvalue weighted by atomic mass is 9.97. The standard InChI is InChI=1S/C12H13IOS/c13-8-11-7-10(12(14)15-11)6-9-4-2-1-3-5-9/h1-5,10-11H,6-8H2/t10-,11+/m0/s1. The quantitative estimate of drug-likeness (QED) is 0.624. The van der Waals surface area contributed by atoms with Crippen molar-refractivity contribution in [3.05, 3.63) is 35.9 Å². The van der Waals surface area contributed by atoms with Crippen LogP contribution in [0.1, 0.15) is 12.0 Å². The molecule has 1 aliphatic rings. The third-order valence-corrected chi connectivity index (χ3v) is 5.58. The number of carbonyl (C=O) groups is 1. The van der Waals surface area contributed by atoms with Crippen LogP contribution in [-0.4, -0.2) is 14.8 Å². The normalized spacial score (nSPS) is 25.8. The lowest BCUT2D eigenvalue weighted by molar-refractivity contribution is -0.113. The van der Waals surface area contributed by atoms with Crippen LogP contribution in [0.25, 0.3) is 0 Å². The summed E-state index contributed by atoms with van der Waals surface area (Å²) in [4.78, 5) is 11.7. The van der Waals surface area contributed by atoms with Gasteiger partial charge in [0, 0.05) is 15.6 Å². The highest BCUT2D eigenvalue weighted by Crippen LogP contribution is 2.35.